The van der Waals surface area contributed by atoms with Crippen LogP contribution in [0.3, 0.4) is 0 Å². The smallest absolute Gasteiger partial charge is 0.269 e. The van der Waals surface area contributed by atoms with Gasteiger partial charge in [-0.2, -0.15) is 0 Å². The lowest BCUT2D eigenvalue weighted by Gasteiger charge is -2.23. The SMILES string of the molecule is O=C(NCC1CCCCN1)c1ccc(Br)cn1. The standard InChI is InChI=1S/C12H16BrN3O/c13-9-4-5-11(15-7-9)12(17)16-8-10-3-1-2-6-14-10/h4-5,7,10,14H,1-3,6,8H2,(H,16,17). The number of nitrogens with zero attached hydrogens (tertiary/aromatic N) is 1. The van der Waals surface area contributed by atoms with Crippen molar-refractivity contribution in [2.24, 2.45) is 0 Å². The van der Waals surface area contributed by atoms with Crippen LogP contribution in [0.15, 0.2) is 22.8 Å². The molecule has 0 aliphatic carbocycles. The predicted octanol–water partition coefficient (Wildman–Crippen LogP) is 1.72. The Balaban J connectivity index is 1.82. The first-order valence-electron chi connectivity index (χ1n) is 5.89. The third kappa shape index (κ3) is 3.78. The van der Waals surface area contributed by atoms with E-state index in [0.717, 1.165) is 17.4 Å². The van der Waals surface area contributed by atoms with Gasteiger partial charge in [-0.1, -0.05) is 6.42 Å². The van der Waals surface area contributed by atoms with Crippen molar-refractivity contribution in [1.82, 2.24) is 15.6 Å². The number of carbonyl (C=O) groups excluding carboxylic acids is 1. The van der Waals surface area contributed by atoms with Crippen molar-refractivity contribution >= 4 is 21.8 Å². The van der Waals surface area contributed by atoms with Crippen molar-refractivity contribution in [3.05, 3.63) is 28.5 Å². The van der Waals surface area contributed by atoms with E-state index in [9.17, 15) is 4.79 Å². The zero-order valence-electron chi connectivity index (χ0n) is 9.58. The molecule has 0 spiro atoms. The van der Waals surface area contributed by atoms with Crippen LogP contribution in [0.5, 0.6) is 0 Å². The van der Waals surface area contributed by atoms with Gasteiger partial charge in [0, 0.05) is 23.3 Å². The van der Waals surface area contributed by atoms with Gasteiger partial charge in [0.1, 0.15) is 5.69 Å². The minimum Gasteiger partial charge on any atom is -0.349 e. The fraction of sp³-hybridized carbons (Fsp3) is 0.500. The normalized spacial score (nSPS) is 19.9. The molecule has 2 rings (SSSR count). The summed E-state index contributed by atoms with van der Waals surface area (Å²) in [7, 11) is 0. The largest absolute Gasteiger partial charge is 0.349 e. The number of halogens is 1. The van der Waals surface area contributed by atoms with E-state index < -0.39 is 0 Å². The molecule has 1 fully saturated rings. The maximum atomic E-state index is 11.8. The monoisotopic (exact) mass is 297 g/mol. The predicted molar refractivity (Wildman–Crippen MR) is 69.9 cm³/mol. The Morgan fingerprint density at radius 1 is 1.53 bits per heavy atom. The van der Waals surface area contributed by atoms with Crippen molar-refractivity contribution in [3.8, 4) is 0 Å². The van der Waals surface area contributed by atoms with E-state index in [-0.39, 0.29) is 5.91 Å². The van der Waals surface area contributed by atoms with Crippen LogP contribution in [0.25, 0.3) is 0 Å². The molecule has 0 radical (unpaired) electrons. The lowest BCUT2D eigenvalue weighted by atomic mass is 10.1. The van der Waals surface area contributed by atoms with Gasteiger partial charge < -0.3 is 10.6 Å². The average molecular weight is 298 g/mol. The van der Waals surface area contributed by atoms with Crippen LogP contribution >= 0.6 is 15.9 Å². The molecule has 0 bridgehead atoms. The van der Waals surface area contributed by atoms with Gasteiger partial charge in [-0.25, -0.2) is 4.98 Å². The molecular formula is C12H16BrN3O. The quantitative estimate of drug-likeness (QED) is 0.893. The molecule has 1 saturated heterocycles. The third-order valence-corrected chi connectivity index (χ3v) is 3.35. The number of nitrogens with one attached hydrogen (secondary N) is 2. The molecule has 92 valence electrons. The lowest BCUT2D eigenvalue weighted by Crippen LogP contribution is -2.43. The number of piperidine rings is 1. The molecule has 1 aliphatic rings. The Kier molecular flexibility index (Phi) is 4.50. The van der Waals surface area contributed by atoms with Crippen LogP contribution in [-0.4, -0.2) is 30.0 Å². The summed E-state index contributed by atoms with van der Waals surface area (Å²) in [5.41, 5.74) is 0.462. The molecule has 1 unspecified atom stereocenters. The number of pyridine rings is 1. The van der Waals surface area contributed by atoms with Crippen molar-refractivity contribution in [3.63, 3.8) is 0 Å². The van der Waals surface area contributed by atoms with Gasteiger partial charge in [-0.05, 0) is 47.4 Å². The Bertz CT molecular complexity index is 374. The summed E-state index contributed by atoms with van der Waals surface area (Å²) in [4.78, 5) is 15.8. The highest BCUT2D eigenvalue weighted by molar-refractivity contribution is 9.10. The van der Waals surface area contributed by atoms with Crippen LogP contribution in [-0.2, 0) is 0 Å². The fourth-order valence-electron chi connectivity index (χ4n) is 1.91. The summed E-state index contributed by atoms with van der Waals surface area (Å²) in [5, 5.41) is 6.30. The lowest BCUT2D eigenvalue weighted by molar-refractivity contribution is 0.0943. The van der Waals surface area contributed by atoms with Gasteiger partial charge in [0.25, 0.3) is 5.91 Å². The first-order valence-corrected chi connectivity index (χ1v) is 6.68. The van der Waals surface area contributed by atoms with Crippen LogP contribution < -0.4 is 10.6 Å². The first kappa shape index (κ1) is 12.5. The third-order valence-electron chi connectivity index (χ3n) is 2.88. The second-order valence-corrected chi connectivity index (χ2v) is 5.13. The van der Waals surface area contributed by atoms with E-state index in [2.05, 4.69) is 31.5 Å². The summed E-state index contributed by atoms with van der Waals surface area (Å²) >= 11 is 3.29. The molecular weight excluding hydrogens is 282 g/mol. The number of rotatable bonds is 3. The van der Waals surface area contributed by atoms with Crippen LogP contribution in [0.4, 0.5) is 0 Å². The van der Waals surface area contributed by atoms with Gasteiger partial charge in [-0.3, -0.25) is 4.79 Å². The van der Waals surface area contributed by atoms with Crippen molar-refractivity contribution in [2.45, 2.75) is 25.3 Å². The van der Waals surface area contributed by atoms with E-state index in [1.165, 1.54) is 12.8 Å². The van der Waals surface area contributed by atoms with Crippen LogP contribution in [0, 0.1) is 0 Å². The molecule has 5 heteroatoms. The maximum absolute atomic E-state index is 11.8. The Morgan fingerprint density at radius 3 is 3.06 bits per heavy atom. The Morgan fingerprint density at radius 2 is 2.41 bits per heavy atom. The molecule has 1 amide bonds. The van der Waals surface area contributed by atoms with Crippen LogP contribution in [0.2, 0.25) is 0 Å². The summed E-state index contributed by atoms with van der Waals surface area (Å²) in [5.74, 6) is -0.107. The van der Waals surface area contributed by atoms with Gasteiger partial charge in [0.15, 0.2) is 0 Å². The first-order chi connectivity index (χ1) is 8.25. The second kappa shape index (κ2) is 6.12. The number of hydrogen-bond donors (Lipinski definition) is 2. The van der Waals surface area contributed by atoms with E-state index in [1.807, 2.05) is 6.07 Å². The van der Waals surface area contributed by atoms with Crippen molar-refractivity contribution in [1.29, 1.82) is 0 Å². The molecule has 0 saturated carbocycles. The molecule has 1 aliphatic heterocycles. The zero-order valence-corrected chi connectivity index (χ0v) is 11.2. The van der Waals surface area contributed by atoms with E-state index in [4.69, 9.17) is 0 Å². The molecule has 1 aromatic rings. The van der Waals surface area contributed by atoms with Crippen molar-refractivity contribution in [2.75, 3.05) is 13.1 Å². The molecule has 2 N–H and O–H groups in total. The Hall–Kier alpha value is -0.940. The Labute approximate surface area is 109 Å². The highest BCUT2D eigenvalue weighted by Gasteiger charge is 2.14. The average Bonchev–Trinajstić information content (AvgIpc) is 2.38. The summed E-state index contributed by atoms with van der Waals surface area (Å²) in [6.07, 6.45) is 5.24. The number of hydrogen-bond acceptors (Lipinski definition) is 3. The van der Waals surface area contributed by atoms with E-state index in [0.29, 0.717) is 18.3 Å². The number of amides is 1. The molecule has 17 heavy (non-hydrogen) atoms. The van der Waals surface area contributed by atoms with Crippen molar-refractivity contribution < 1.29 is 4.79 Å². The number of aromatic nitrogens is 1. The zero-order chi connectivity index (χ0) is 12.1. The van der Waals surface area contributed by atoms with Gasteiger partial charge in [-0.15, -0.1) is 0 Å². The molecule has 4 nitrogen and oxygen atoms in total. The van der Waals surface area contributed by atoms with Gasteiger partial charge in [0.05, 0.1) is 0 Å². The summed E-state index contributed by atoms with van der Waals surface area (Å²) in [6, 6.07) is 3.94. The highest BCUT2D eigenvalue weighted by Crippen LogP contribution is 2.08. The van der Waals surface area contributed by atoms with E-state index in [1.54, 1.807) is 12.3 Å². The summed E-state index contributed by atoms with van der Waals surface area (Å²) < 4.78 is 0.878. The highest BCUT2D eigenvalue weighted by atomic mass is 79.9. The van der Waals surface area contributed by atoms with Crippen LogP contribution in [0.1, 0.15) is 29.8 Å². The molecule has 1 atom stereocenters. The topological polar surface area (TPSA) is 54.0 Å². The fourth-order valence-corrected chi connectivity index (χ4v) is 2.15. The second-order valence-electron chi connectivity index (χ2n) is 4.22. The van der Waals surface area contributed by atoms with Gasteiger partial charge in [0.2, 0.25) is 0 Å². The minimum atomic E-state index is -0.107. The van der Waals surface area contributed by atoms with Gasteiger partial charge >= 0.3 is 0 Å². The molecule has 1 aromatic heterocycles. The van der Waals surface area contributed by atoms with E-state index >= 15 is 0 Å². The number of carbonyl (C=O) groups is 1. The minimum absolute atomic E-state index is 0.107. The maximum Gasteiger partial charge on any atom is 0.269 e. The molecule has 2 heterocycles. The molecule has 0 aromatic carbocycles. The summed E-state index contributed by atoms with van der Waals surface area (Å²) in [6.45, 7) is 1.73.